The van der Waals surface area contributed by atoms with Gasteiger partial charge in [-0.15, -0.1) is 6.58 Å². The molecule has 27 heavy (non-hydrogen) atoms. The van der Waals surface area contributed by atoms with Gasteiger partial charge in [-0.2, -0.15) is 0 Å². The Bertz CT molecular complexity index is 770. The van der Waals surface area contributed by atoms with Crippen LogP contribution in [0.5, 0.6) is 0 Å². The quantitative estimate of drug-likeness (QED) is 0.442. The lowest BCUT2D eigenvalue weighted by Gasteiger charge is -2.38. The van der Waals surface area contributed by atoms with E-state index in [1.807, 2.05) is 6.07 Å². The van der Waals surface area contributed by atoms with Gasteiger partial charge in [0.25, 0.3) is 5.78 Å². The van der Waals surface area contributed by atoms with Gasteiger partial charge in [-0.25, -0.2) is 4.79 Å². The van der Waals surface area contributed by atoms with E-state index in [4.69, 9.17) is 18.9 Å². The van der Waals surface area contributed by atoms with Gasteiger partial charge in [0.1, 0.15) is 6.10 Å². The van der Waals surface area contributed by atoms with E-state index in [0.717, 1.165) is 0 Å². The predicted octanol–water partition coefficient (Wildman–Crippen LogP) is 1.90. The first-order valence-electron chi connectivity index (χ1n) is 8.65. The Morgan fingerprint density at radius 1 is 1.30 bits per heavy atom. The molecule has 0 bridgehead atoms. The highest BCUT2D eigenvalue weighted by Crippen LogP contribution is 2.45. The molecule has 0 saturated carbocycles. The Balaban J connectivity index is 2.13. The van der Waals surface area contributed by atoms with E-state index in [9.17, 15) is 14.4 Å². The average molecular weight is 374 g/mol. The fraction of sp³-hybridized carbons (Fsp3) is 0.450. The Kier molecular flexibility index (Phi) is 4.92. The summed E-state index contributed by atoms with van der Waals surface area (Å²) in [5, 5.41) is 0. The average Bonchev–Trinajstić information content (AvgIpc) is 3.08. The number of cyclic esters (lactones) is 1. The number of esters is 2. The molecule has 0 aliphatic carbocycles. The molecule has 3 rings (SSSR count). The number of hydrogen-bond donors (Lipinski definition) is 0. The lowest BCUT2D eigenvalue weighted by Crippen LogP contribution is -2.57. The van der Waals surface area contributed by atoms with Gasteiger partial charge in [0.2, 0.25) is 5.60 Å². The maximum atomic E-state index is 13.0. The van der Waals surface area contributed by atoms with Gasteiger partial charge in [0.05, 0.1) is 12.5 Å². The standard InChI is InChI=1S/C20H22O7/c1-5-14(13-9-7-6-8-10-13)20(26-12(2)21)16(22)18(23)25-17(20)15-11-24-19(3,4)27-15/h5-10,14-15,17H,1,11H2,2-4H3/t14?,15-,17+,20-/m0/s1. The summed E-state index contributed by atoms with van der Waals surface area (Å²) in [5.41, 5.74) is -1.26. The minimum absolute atomic E-state index is 0.0832. The first-order valence-corrected chi connectivity index (χ1v) is 8.65. The smallest absolute Gasteiger partial charge is 0.379 e. The van der Waals surface area contributed by atoms with Gasteiger partial charge < -0.3 is 18.9 Å². The summed E-state index contributed by atoms with van der Waals surface area (Å²) in [5.74, 6) is -4.45. The molecular weight excluding hydrogens is 352 g/mol. The number of benzene rings is 1. The molecule has 7 heteroatoms. The number of Topliss-reactive ketones (excluding diaryl/α,β-unsaturated/α-hetero) is 1. The van der Waals surface area contributed by atoms with Crippen LogP contribution >= 0.6 is 0 Å². The van der Waals surface area contributed by atoms with Crippen LogP contribution in [0.1, 0.15) is 32.3 Å². The van der Waals surface area contributed by atoms with Crippen molar-refractivity contribution in [2.45, 2.75) is 50.3 Å². The molecule has 2 fully saturated rings. The molecule has 2 aliphatic heterocycles. The van der Waals surface area contributed by atoms with Gasteiger partial charge >= 0.3 is 11.9 Å². The molecule has 0 radical (unpaired) electrons. The maximum absolute atomic E-state index is 13.0. The normalized spacial score (nSPS) is 30.6. The summed E-state index contributed by atoms with van der Waals surface area (Å²) < 4.78 is 22.3. The summed E-state index contributed by atoms with van der Waals surface area (Å²) in [4.78, 5) is 37.2. The van der Waals surface area contributed by atoms with Crippen LogP contribution in [0.2, 0.25) is 0 Å². The van der Waals surface area contributed by atoms with Crippen LogP contribution in [-0.2, 0) is 33.3 Å². The largest absolute Gasteiger partial charge is 0.449 e. The van der Waals surface area contributed by atoms with E-state index in [1.54, 1.807) is 38.1 Å². The molecule has 0 amide bonds. The summed E-state index contributed by atoms with van der Waals surface area (Å²) in [6.45, 7) is 8.48. The van der Waals surface area contributed by atoms with E-state index < -0.39 is 47.2 Å². The number of hydrogen-bond acceptors (Lipinski definition) is 7. The second kappa shape index (κ2) is 6.90. The minimum atomic E-state index is -1.92. The second-order valence-corrected chi connectivity index (χ2v) is 7.03. The van der Waals surface area contributed by atoms with Crippen molar-refractivity contribution < 1.29 is 33.3 Å². The molecule has 4 atom stereocenters. The van der Waals surface area contributed by atoms with E-state index in [1.165, 1.54) is 13.0 Å². The van der Waals surface area contributed by atoms with Crippen molar-refractivity contribution in [3.63, 3.8) is 0 Å². The predicted molar refractivity (Wildman–Crippen MR) is 93.7 cm³/mol. The monoisotopic (exact) mass is 374 g/mol. The lowest BCUT2D eigenvalue weighted by molar-refractivity contribution is -0.190. The van der Waals surface area contributed by atoms with Crippen molar-refractivity contribution >= 4 is 17.7 Å². The molecule has 144 valence electrons. The number of ether oxygens (including phenoxy) is 4. The van der Waals surface area contributed by atoms with Crippen molar-refractivity contribution in [1.29, 1.82) is 0 Å². The molecule has 2 aliphatic rings. The Hall–Kier alpha value is -2.51. The Morgan fingerprint density at radius 3 is 2.48 bits per heavy atom. The third-order valence-electron chi connectivity index (χ3n) is 4.73. The highest BCUT2D eigenvalue weighted by molar-refractivity contribution is 6.39. The summed E-state index contributed by atoms with van der Waals surface area (Å²) in [7, 11) is 0. The zero-order valence-electron chi connectivity index (χ0n) is 15.5. The third-order valence-corrected chi connectivity index (χ3v) is 4.73. The lowest BCUT2D eigenvalue weighted by atomic mass is 9.75. The van der Waals surface area contributed by atoms with Crippen molar-refractivity contribution in [1.82, 2.24) is 0 Å². The zero-order valence-corrected chi connectivity index (χ0v) is 15.5. The van der Waals surface area contributed by atoms with Gasteiger partial charge in [-0.1, -0.05) is 36.4 Å². The summed E-state index contributed by atoms with van der Waals surface area (Å²) in [6, 6.07) is 8.90. The molecule has 0 spiro atoms. The molecule has 0 N–H and O–H groups in total. The van der Waals surface area contributed by atoms with Crippen LogP contribution < -0.4 is 0 Å². The van der Waals surface area contributed by atoms with Gasteiger partial charge in [0.15, 0.2) is 11.9 Å². The van der Waals surface area contributed by atoms with Gasteiger partial charge in [-0.05, 0) is 19.4 Å². The molecule has 7 nitrogen and oxygen atoms in total. The molecule has 2 saturated heterocycles. The minimum Gasteiger partial charge on any atom is -0.449 e. The second-order valence-electron chi connectivity index (χ2n) is 7.03. The molecule has 1 aromatic rings. The van der Waals surface area contributed by atoms with E-state index in [2.05, 4.69) is 6.58 Å². The third kappa shape index (κ3) is 3.28. The van der Waals surface area contributed by atoms with Crippen molar-refractivity contribution in [3.05, 3.63) is 48.6 Å². The summed E-state index contributed by atoms with van der Waals surface area (Å²) in [6.07, 6.45) is -0.459. The first-order chi connectivity index (χ1) is 12.7. The molecule has 2 heterocycles. The van der Waals surface area contributed by atoms with Crippen LogP contribution in [-0.4, -0.2) is 47.9 Å². The van der Waals surface area contributed by atoms with Crippen molar-refractivity contribution in [3.8, 4) is 0 Å². The number of rotatable bonds is 5. The van der Waals surface area contributed by atoms with Crippen LogP contribution in [0.4, 0.5) is 0 Å². The number of ketones is 1. The van der Waals surface area contributed by atoms with Crippen LogP contribution in [0.15, 0.2) is 43.0 Å². The fourth-order valence-corrected chi connectivity index (χ4v) is 3.70. The van der Waals surface area contributed by atoms with Crippen molar-refractivity contribution in [2.24, 2.45) is 0 Å². The highest BCUT2D eigenvalue weighted by atomic mass is 16.8. The molecular formula is C20H22O7. The van der Waals surface area contributed by atoms with Gasteiger partial charge in [-0.3, -0.25) is 9.59 Å². The fourth-order valence-electron chi connectivity index (χ4n) is 3.70. The maximum Gasteiger partial charge on any atom is 0.379 e. The highest BCUT2D eigenvalue weighted by Gasteiger charge is 2.67. The van der Waals surface area contributed by atoms with E-state index in [-0.39, 0.29) is 6.61 Å². The zero-order chi connectivity index (χ0) is 19.8. The Morgan fingerprint density at radius 2 is 1.96 bits per heavy atom. The number of carbonyl (C=O) groups is 3. The number of carbonyl (C=O) groups excluding carboxylic acids is 3. The van der Waals surface area contributed by atoms with Crippen LogP contribution in [0, 0.1) is 0 Å². The summed E-state index contributed by atoms with van der Waals surface area (Å²) >= 11 is 0. The van der Waals surface area contributed by atoms with E-state index >= 15 is 0 Å². The molecule has 1 unspecified atom stereocenters. The van der Waals surface area contributed by atoms with Crippen LogP contribution in [0.3, 0.4) is 0 Å². The van der Waals surface area contributed by atoms with E-state index in [0.29, 0.717) is 5.56 Å². The topological polar surface area (TPSA) is 88.1 Å². The first kappa shape index (κ1) is 19.3. The van der Waals surface area contributed by atoms with Crippen LogP contribution in [0.25, 0.3) is 0 Å². The van der Waals surface area contributed by atoms with Crippen molar-refractivity contribution in [2.75, 3.05) is 6.61 Å². The SMILES string of the molecule is C=CC(c1ccccc1)[C@]1(OC(C)=O)C(=O)C(=O)O[C@@H]1[C@@H]1COC(C)(C)O1. The molecule has 0 aromatic heterocycles. The molecule has 1 aromatic carbocycles. The Labute approximate surface area is 157 Å². The van der Waals surface area contributed by atoms with Gasteiger partial charge in [0, 0.05) is 6.92 Å².